The van der Waals surface area contributed by atoms with Crippen molar-refractivity contribution >= 4 is 5.78 Å². The van der Waals surface area contributed by atoms with Crippen LogP contribution in [0.3, 0.4) is 0 Å². The van der Waals surface area contributed by atoms with Crippen molar-refractivity contribution in [3.05, 3.63) is 101 Å². The number of carbonyl (C=O) groups excluding carboxylic acids is 1. The normalized spacial score (nSPS) is 11.8. The molecule has 0 bridgehead atoms. The topological polar surface area (TPSA) is 26.3 Å². The molecule has 0 spiro atoms. The third-order valence-electron chi connectivity index (χ3n) is 6.27. The molecule has 0 aliphatic carbocycles. The average molecular weight is 445 g/mol. The third kappa shape index (κ3) is 7.32. The van der Waals surface area contributed by atoms with Crippen LogP contribution in [0, 0.1) is 0 Å². The first-order valence-corrected chi connectivity index (χ1v) is 12.3. The molecule has 2 heteroatoms. The number of hydrogen-bond acceptors (Lipinski definition) is 2. The largest absolute Gasteiger partial charge is 0.491 e. The Morgan fingerprint density at radius 3 is 1.70 bits per heavy atom. The molecule has 33 heavy (non-hydrogen) atoms. The molecule has 3 aromatic rings. The van der Waals surface area contributed by atoms with Gasteiger partial charge in [0.2, 0.25) is 0 Å². The quantitative estimate of drug-likeness (QED) is 0.310. The lowest BCUT2D eigenvalue weighted by molar-refractivity contribution is 0.103. The van der Waals surface area contributed by atoms with Gasteiger partial charge in [-0.25, -0.2) is 0 Å². The van der Waals surface area contributed by atoms with Gasteiger partial charge < -0.3 is 4.74 Å². The van der Waals surface area contributed by atoms with E-state index in [0.717, 1.165) is 36.1 Å². The highest BCUT2D eigenvalue weighted by Gasteiger charge is 2.18. The summed E-state index contributed by atoms with van der Waals surface area (Å²) in [6, 6.07) is 24.3. The second-order valence-corrected chi connectivity index (χ2v) is 9.00. The van der Waals surface area contributed by atoms with Gasteiger partial charge in [0.1, 0.15) is 5.75 Å². The molecule has 0 radical (unpaired) electrons. The molecule has 2 nitrogen and oxygen atoms in total. The molecule has 0 saturated carbocycles. The van der Waals surface area contributed by atoms with E-state index in [0.29, 0.717) is 0 Å². The van der Waals surface area contributed by atoms with Crippen LogP contribution >= 0.6 is 0 Å². The van der Waals surface area contributed by atoms with Gasteiger partial charge in [-0.3, -0.25) is 4.79 Å². The van der Waals surface area contributed by atoms with Crippen LogP contribution in [-0.2, 0) is 11.8 Å². The molecule has 0 fully saturated rings. The van der Waals surface area contributed by atoms with Crippen molar-refractivity contribution in [2.24, 2.45) is 0 Å². The van der Waals surface area contributed by atoms with Gasteiger partial charge in [0.25, 0.3) is 0 Å². The number of hydrogen-bond donors (Lipinski definition) is 0. The number of ether oxygens (including phenoxy) is 1. The average Bonchev–Trinajstić information content (AvgIpc) is 2.86. The molecular weight excluding hydrogens is 404 g/mol. The molecule has 0 aliphatic heterocycles. The van der Waals surface area contributed by atoms with Crippen LogP contribution < -0.4 is 4.74 Å². The maximum atomic E-state index is 12.9. The Labute approximate surface area is 201 Å². The van der Waals surface area contributed by atoms with Gasteiger partial charge >= 0.3 is 0 Å². The van der Waals surface area contributed by atoms with Gasteiger partial charge in [0.15, 0.2) is 5.78 Å². The minimum Gasteiger partial charge on any atom is -0.491 e. The minimum atomic E-state index is 0.0685. The molecular formula is C31H40O2. The van der Waals surface area contributed by atoms with Crippen LogP contribution in [0.5, 0.6) is 5.75 Å². The molecule has 0 N–H and O–H groups in total. The SMILES string of the molecule is CC.CCC(C)Oc1ccc(Cc2ccc(C(=O)c3ccc(C(C)(C)CC)cc3)cc2)cc1. The number of rotatable bonds is 9. The van der Waals surface area contributed by atoms with E-state index < -0.39 is 0 Å². The number of carbonyl (C=O) groups is 1. The number of ketones is 1. The monoisotopic (exact) mass is 444 g/mol. The molecule has 0 amide bonds. The Hall–Kier alpha value is -2.87. The molecule has 3 rings (SSSR count). The molecule has 0 aliphatic rings. The summed E-state index contributed by atoms with van der Waals surface area (Å²) in [6.07, 6.45) is 3.12. The summed E-state index contributed by atoms with van der Waals surface area (Å²) in [7, 11) is 0. The van der Waals surface area contributed by atoms with Crippen molar-refractivity contribution in [3.63, 3.8) is 0 Å². The van der Waals surface area contributed by atoms with Crippen LogP contribution in [0.1, 0.15) is 93.9 Å². The van der Waals surface area contributed by atoms with E-state index in [9.17, 15) is 4.79 Å². The lowest BCUT2D eigenvalue weighted by atomic mass is 9.82. The third-order valence-corrected chi connectivity index (χ3v) is 6.27. The first-order chi connectivity index (χ1) is 15.8. The molecule has 3 aromatic carbocycles. The maximum Gasteiger partial charge on any atom is 0.193 e. The molecule has 0 aromatic heterocycles. The van der Waals surface area contributed by atoms with Gasteiger partial charge in [-0.05, 0) is 60.4 Å². The summed E-state index contributed by atoms with van der Waals surface area (Å²) in [4.78, 5) is 12.9. The molecule has 1 atom stereocenters. The molecule has 1 unspecified atom stereocenters. The molecule has 176 valence electrons. The first kappa shape index (κ1) is 26.4. The van der Waals surface area contributed by atoms with E-state index in [1.807, 2.05) is 62.4 Å². The zero-order valence-corrected chi connectivity index (χ0v) is 21.4. The Balaban J connectivity index is 0.00000187. The highest BCUT2D eigenvalue weighted by molar-refractivity contribution is 6.09. The van der Waals surface area contributed by atoms with Gasteiger partial charge in [0.05, 0.1) is 6.10 Å². The van der Waals surface area contributed by atoms with Crippen molar-refractivity contribution in [1.82, 2.24) is 0 Å². The van der Waals surface area contributed by atoms with Crippen LogP contribution in [0.25, 0.3) is 0 Å². The fourth-order valence-corrected chi connectivity index (χ4v) is 3.45. The first-order valence-electron chi connectivity index (χ1n) is 12.3. The standard InChI is InChI=1S/C29H34O2.C2H6/c1-6-21(3)31-27-18-10-23(11-19-27)20-22-8-12-24(13-9-22)28(30)25-14-16-26(17-15-25)29(4,5)7-2;1-2/h8-19,21H,6-7,20H2,1-5H3;1-2H3. The number of benzene rings is 3. The Kier molecular flexibility index (Phi) is 9.91. The second kappa shape index (κ2) is 12.4. The van der Waals surface area contributed by atoms with E-state index in [1.54, 1.807) is 0 Å². The van der Waals surface area contributed by atoms with Crippen molar-refractivity contribution in [2.45, 2.75) is 79.2 Å². The Morgan fingerprint density at radius 1 is 0.788 bits per heavy atom. The zero-order valence-electron chi connectivity index (χ0n) is 21.4. The van der Waals surface area contributed by atoms with Crippen molar-refractivity contribution in [3.8, 4) is 5.75 Å². The van der Waals surface area contributed by atoms with Gasteiger partial charge in [-0.2, -0.15) is 0 Å². The van der Waals surface area contributed by atoms with E-state index in [1.165, 1.54) is 16.7 Å². The molecule has 0 saturated heterocycles. The van der Waals surface area contributed by atoms with Crippen molar-refractivity contribution < 1.29 is 9.53 Å². The highest BCUT2D eigenvalue weighted by atomic mass is 16.5. The van der Waals surface area contributed by atoms with E-state index in [4.69, 9.17) is 4.74 Å². The maximum absolute atomic E-state index is 12.9. The predicted molar refractivity (Wildman–Crippen MR) is 141 cm³/mol. The minimum absolute atomic E-state index is 0.0685. The molecule has 0 heterocycles. The zero-order chi connectivity index (χ0) is 24.4. The lowest BCUT2D eigenvalue weighted by Crippen LogP contribution is -2.15. The summed E-state index contributed by atoms with van der Waals surface area (Å²) in [5.74, 6) is 0.978. The summed E-state index contributed by atoms with van der Waals surface area (Å²) in [5, 5.41) is 0. The smallest absolute Gasteiger partial charge is 0.193 e. The van der Waals surface area contributed by atoms with Gasteiger partial charge in [0, 0.05) is 11.1 Å². The van der Waals surface area contributed by atoms with Gasteiger partial charge in [-0.1, -0.05) is 102 Å². The van der Waals surface area contributed by atoms with E-state index in [-0.39, 0.29) is 17.3 Å². The van der Waals surface area contributed by atoms with Crippen molar-refractivity contribution in [2.75, 3.05) is 0 Å². The lowest BCUT2D eigenvalue weighted by Gasteiger charge is -2.23. The summed E-state index contributed by atoms with van der Waals surface area (Å²) in [5.41, 5.74) is 5.27. The van der Waals surface area contributed by atoms with Crippen molar-refractivity contribution in [1.29, 1.82) is 0 Å². The Bertz CT molecular complexity index is 981. The fraction of sp³-hybridized carbons (Fsp3) is 0.387. The Morgan fingerprint density at radius 2 is 1.24 bits per heavy atom. The van der Waals surface area contributed by atoms with Crippen LogP contribution in [-0.4, -0.2) is 11.9 Å². The second-order valence-electron chi connectivity index (χ2n) is 9.00. The van der Waals surface area contributed by atoms with Crippen LogP contribution in [0.15, 0.2) is 72.8 Å². The van der Waals surface area contributed by atoms with E-state index in [2.05, 4.69) is 58.9 Å². The fourth-order valence-electron chi connectivity index (χ4n) is 3.45. The van der Waals surface area contributed by atoms with Gasteiger partial charge in [-0.15, -0.1) is 0 Å². The van der Waals surface area contributed by atoms with Crippen LogP contribution in [0.4, 0.5) is 0 Å². The summed E-state index contributed by atoms with van der Waals surface area (Å²) in [6.45, 7) is 14.9. The predicted octanol–water partition coefficient (Wildman–Crippen LogP) is 8.40. The summed E-state index contributed by atoms with van der Waals surface area (Å²) < 4.78 is 5.85. The summed E-state index contributed by atoms with van der Waals surface area (Å²) >= 11 is 0. The van der Waals surface area contributed by atoms with Crippen LogP contribution in [0.2, 0.25) is 0 Å². The van der Waals surface area contributed by atoms with E-state index >= 15 is 0 Å². The highest BCUT2D eigenvalue weighted by Crippen LogP contribution is 2.27.